The average molecular weight is 276 g/mol. The Morgan fingerprint density at radius 2 is 2.00 bits per heavy atom. The molecule has 0 aliphatic heterocycles. The number of methoxy groups -OCH3 is 1. The van der Waals surface area contributed by atoms with E-state index in [1.807, 2.05) is 36.1 Å². The quantitative estimate of drug-likeness (QED) is 0.868. The molecule has 1 saturated carbocycles. The maximum absolute atomic E-state index is 12.5. The van der Waals surface area contributed by atoms with Crippen LogP contribution >= 0.6 is 0 Å². The van der Waals surface area contributed by atoms with Crippen LogP contribution in [-0.2, 0) is 16.1 Å². The van der Waals surface area contributed by atoms with E-state index in [4.69, 9.17) is 10.5 Å². The number of nitrogens with zero attached hydrogens (tertiary/aromatic N) is 1. The Labute approximate surface area is 120 Å². The van der Waals surface area contributed by atoms with E-state index in [0.29, 0.717) is 19.5 Å². The minimum atomic E-state index is -0.221. The summed E-state index contributed by atoms with van der Waals surface area (Å²) in [6.45, 7) is 3.18. The van der Waals surface area contributed by atoms with Crippen molar-refractivity contribution in [2.75, 3.05) is 18.6 Å². The van der Waals surface area contributed by atoms with Crippen molar-refractivity contribution in [3.05, 3.63) is 29.8 Å². The Kier molecular flexibility index (Phi) is 4.78. The number of benzene rings is 1. The Morgan fingerprint density at radius 1 is 1.35 bits per heavy atom. The van der Waals surface area contributed by atoms with Gasteiger partial charge in [-0.3, -0.25) is 4.79 Å². The van der Waals surface area contributed by atoms with Crippen molar-refractivity contribution in [2.45, 2.75) is 44.8 Å². The maximum Gasteiger partial charge on any atom is 0.229 e. The summed E-state index contributed by atoms with van der Waals surface area (Å²) in [5.41, 5.74) is 7.38. The molecule has 0 atom stereocenters. The second kappa shape index (κ2) is 6.37. The third kappa shape index (κ3) is 3.02. The lowest BCUT2D eigenvalue weighted by atomic mass is 9.77. The fourth-order valence-electron chi connectivity index (χ4n) is 2.71. The molecule has 1 aromatic rings. The summed E-state index contributed by atoms with van der Waals surface area (Å²) >= 11 is 0. The Balaban J connectivity index is 2.08. The molecule has 0 saturated heterocycles. The number of amides is 1. The van der Waals surface area contributed by atoms with Crippen molar-refractivity contribution in [3.63, 3.8) is 0 Å². The number of ether oxygens (including phenoxy) is 1. The first-order valence-electron chi connectivity index (χ1n) is 7.28. The van der Waals surface area contributed by atoms with Crippen LogP contribution < -0.4 is 10.6 Å². The topological polar surface area (TPSA) is 55.6 Å². The Hall–Kier alpha value is -1.39. The lowest BCUT2D eigenvalue weighted by Crippen LogP contribution is -2.45. The molecule has 20 heavy (non-hydrogen) atoms. The van der Waals surface area contributed by atoms with Gasteiger partial charge in [-0.25, -0.2) is 0 Å². The Bertz CT molecular complexity index is 447. The summed E-state index contributed by atoms with van der Waals surface area (Å²) in [5.74, 6) is 0.134. The highest BCUT2D eigenvalue weighted by molar-refractivity contribution is 5.94. The van der Waals surface area contributed by atoms with Crippen molar-refractivity contribution in [1.29, 1.82) is 0 Å². The van der Waals surface area contributed by atoms with Gasteiger partial charge in [-0.1, -0.05) is 12.1 Å². The highest BCUT2D eigenvalue weighted by Crippen LogP contribution is 2.38. The van der Waals surface area contributed by atoms with Crippen LogP contribution in [0.2, 0.25) is 0 Å². The first kappa shape index (κ1) is 15.0. The van der Waals surface area contributed by atoms with Crippen LogP contribution in [0.5, 0.6) is 0 Å². The fourth-order valence-corrected chi connectivity index (χ4v) is 2.71. The van der Waals surface area contributed by atoms with E-state index in [0.717, 1.165) is 30.5 Å². The first-order valence-corrected chi connectivity index (χ1v) is 7.28. The molecule has 0 unspecified atom stereocenters. The van der Waals surface area contributed by atoms with Gasteiger partial charge in [0.15, 0.2) is 0 Å². The van der Waals surface area contributed by atoms with Crippen molar-refractivity contribution < 1.29 is 9.53 Å². The van der Waals surface area contributed by atoms with Gasteiger partial charge in [-0.2, -0.15) is 0 Å². The number of rotatable bonds is 6. The summed E-state index contributed by atoms with van der Waals surface area (Å²) in [6.07, 6.45) is 3.59. The van der Waals surface area contributed by atoms with E-state index in [1.54, 1.807) is 7.11 Å². The lowest BCUT2D eigenvalue weighted by Gasteiger charge is -2.41. The molecule has 110 valence electrons. The predicted molar refractivity (Wildman–Crippen MR) is 80.6 cm³/mol. The highest BCUT2D eigenvalue weighted by atomic mass is 16.5. The molecule has 1 aliphatic rings. The van der Waals surface area contributed by atoms with Crippen LogP contribution in [0.1, 0.15) is 38.2 Å². The standard InChI is InChI=1S/C16H24N2O2/c1-3-18(14-7-5-13(12-17)6-8-14)15(19)11-16(20-2)9-4-10-16/h5-8H,3-4,9-12,17H2,1-2H3. The first-order chi connectivity index (χ1) is 9.64. The van der Waals surface area contributed by atoms with Gasteiger partial charge in [0.2, 0.25) is 5.91 Å². The monoisotopic (exact) mass is 276 g/mol. The number of hydrogen-bond donors (Lipinski definition) is 1. The predicted octanol–water partition coefficient (Wildman–Crippen LogP) is 2.46. The summed E-state index contributed by atoms with van der Waals surface area (Å²) in [6, 6.07) is 7.87. The summed E-state index contributed by atoms with van der Waals surface area (Å²) in [4.78, 5) is 14.3. The lowest BCUT2D eigenvalue weighted by molar-refractivity contribution is -0.131. The number of carbonyl (C=O) groups excluding carboxylic acids is 1. The molecular weight excluding hydrogens is 252 g/mol. The maximum atomic E-state index is 12.5. The third-order valence-corrected chi connectivity index (χ3v) is 4.27. The number of anilines is 1. The summed E-state index contributed by atoms with van der Waals surface area (Å²) in [7, 11) is 1.71. The van der Waals surface area contributed by atoms with Gasteiger partial charge in [0.1, 0.15) is 0 Å². The molecule has 4 heteroatoms. The molecule has 0 heterocycles. The van der Waals surface area contributed by atoms with Crippen LogP contribution in [0.25, 0.3) is 0 Å². The van der Waals surface area contributed by atoms with E-state index in [1.165, 1.54) is 0 Å². The van der Waals surface area contributed by atoms with E-state index >= 15 is 0 Å². The van der Waals surface area contributed by atoms with Crippen LogP contribution in [0, 0.1) is 0 Å². The van der Waals surface area contributed by atoms with Crippen molar-refractivity contribution in [2.24, 2.45) is 5.73 Å². The molecule has 0 radical (unpaired) electrons. The van der Waals surface area contributed by atoms with Gasteiger partial charge >= 0.3 is 0 Å². The van der Waals surface area contributed by atoms with Crippen LogP contribution in [-0.4, -0.2) is 25.2 Å². The number of nitrogens with two attached hydrogens (primary N) is 1. The molecular formula is C16H24N2O2. The van der Waals surface area contributed by atoms with E-state index < -0.39 is 0 Å². The second-order valence-electron chi connectivity index (χ2n) is 5.43. The van der Waals surface area contributed by atoms with Crippen LogP contribution in [0.4, 0.5) is 5.69 Å². The summed E-state index contributed by atoms with van der Waals surface area (Å²) < 4.78 is 5.55. The SMILES string of the molecule is CCN(C(=O)CC1(OC)CCC1)c1ccc(CN)cc1. The van der Waals surface area contributed by atoms with Crippen LogP contribution in [0.3, 0.4) is 0 Å². The molecule has 0 spiro atoms. The Morgan fingerprint density at radius 3 is 2.40 bits per heavy atom. The normalized spacial score (nSPS) is 16.6. The minimum Gasteiger partial charge on any atom is -0.378 e. The molecule has 0 aromatic heterocycles. The third-order valence-electron chi connectivity index (χ3n) is 4.27. The minimum absolute atomic E-state index is 0.134. The van der Waals surface area contributed by atoms with Crippen LogP contribution in [0.15, 0.2) is 24.3 Å². The summed E-state index contributed by atoms with van der Waals surface area (Å²) in [5, 5.41) is 0. The molecule has 1 aromatic carbocycles. The smallest absolute Gasteiger partial charge is 0.229 e. The zero-order chi connectivity index (χ0) is 14.6. The van der Waals surface area contributed by atoms with E-state index in [-0.39, 0.29) is 11.5 Å². The van der Waals surface area contributed by atoms with Gasteiger partial charge in [0.25, 0.3) is 0 Å². The molecule has 2 rings (SSSR count). The zero-order valence-corrected chi connectivity index (χ0v) is 12.4. The fraction of sp³-hybridized carbons (Fsp3) is 0.562. The van der Waals surface area contributed by atoms with Crippen molar-refractivity contribution in [3.8, 4) is 0 Å². The van der Waals surface area contributed by atoms with Gasteiger partial charge in [-0.15, -0.1) is 0 Å². The molecule has 2 N–H and O–H groups in total. The molecule has 1 fully saturated rings. The van der Waals surface area contributed by atoms with E-state index in [9.17, 15) is 4.79 Å². The molecule has 4 nitrogen and oxygen atoms in total. The van der Waals surface area contributed by atoms with Gasteiger partial charge in [0.05, 0.1) is 12.0 Å². The zero-order valence-electron chi connectivity index (χ0n) is 12.4. The van der Waals surface area contributed by atoms with Gasteiger partial charge < -0.3 is 15.4 Å². The second-order valence-corrected chi connectivity index (χ2v) is 5.43. The largest absolute Gasteiger partial charge is 0.378 e. The highest BCUT2D eigenvalue weighted by Gasteiger charge is 2.40. The van der Waals surface area contributed by atoms with E-state index in [2.05, 4.69) is 0 Å². The molecule has 1 amide bonds. The van der Waals surface area contributed by atoms with Gasteiger partial charge in [-0.05, 0) is 43.9 Å². The van der Waals surface area contributed by atoms with Crippen molar-refractivity contribution >= 4 is 11.6 Å². The number of carbonyl (C=O) groups is 1. The van der Waals surface area contributed by atoms with Gasteiger partial charge in [0, 0.05) is 25.9 Å². The molecule has 0 bridgehead atoms. The number of hydrogen-bond acceptors (Lipinski definition) is 3. The van der Waals surface area contributed by atoms with Crippen molar-refractivity contribution in [1.82, 2.24) is 0 Å². The molecule has 1 aliphatic carbocycles. The average Bonchev–Trinajstić information content (AvgIpc) is 2.44.